The molecule has 0 aliphatic rings. The van der Waals surface area contributed by atoms with Gasteiger partial charge in [-0.3, -0.25) is 4.79 Å². The van der Waals surface area contributed by atoms with E-state index < -0.39 is 0 Å². The first kappa shape index (κ1) is 13.4. The Labute approximate surface area is 99.6 Å². The largest absolute Gasteiger partial charge is 0.496 e. The second-order valence-corrected chi connectivity index (χ2v) is 3.68. The summed E-state index contributed by atoms with van der Waals surface area (Å²) in [6.07, 6.45) is 0.0636. The molecule has 0 bridgehead atoms. The second kappa shape index (κ2) is 6.20. The van der Waals surface area contributed by atoms with E-state index in [1.165, 1.54) is 30.2 Å². The van der Waals surface area contributed by atoms with Gasteiger partial charge in [-0.2, -0.15) is 0 Å². The molecule has 0 saturated heterocycles. The molecule has 0 atom stereocenters. The molecule has 0 radical (unpaired) electrons. The molecule has 0 fully saturated rings. The summed E-state index contributed by atoms with van der Waals surface area (Å²) >= 11 is 0. The van der Waals surface area contributed by atoms with Crippen molar-refractivity contribution in [1.82, 2.24) is 4.90 Å². The Morgan fingerprint density at radius 3 is 2.82 bits per heavy atom. The highest BCUT2D eigenvalue weighted by molar-refractivity contribution is 5.76. The lowest BCUT2D eigenvalue weighted by Gasteiger charge is -2.18. The average Bonchev–Trinajstić information content (AvgIpc) is 2.29. The minimum atomic E-state index is -0.371. The molecule has 0 aliphatic heterocycles. The van der Waals surface area contributed by atoms with E-state index in [0.717, 1.165) is 0 Å². The van der Waals surface area contributed by atoms with Gasteiger partial charge in [0.05, 0.1) is 13.7 Å². The van der Waals surface area contributed by atoms with Crippen LogP contribution in [0.3, 0.4) is 0 Å². The number of aliphatic hydroxyl groups excluding tert-OH is 1. The Balaban J connectivity index is 2.79. The number of hydrogen-bond donors (Lipinski definition) is 1. The normalized spacial score (nSPS) is 10.1. The molecule has 1 rings (SSSR count). The third-order valence-corrected chi connectivity index (χ3v) is 2.40. The van der Waals surface area contributed by atoms with Gasteiger partial charge in [0.15, 0.2) is 0 Å². The lowest BCUT2D eigenvalue weighted by molar-refractivity contribution is -0.131. The van der Waals surface area contributed by atoms with Gasteiger partial charge in [-0.25, -0.2) is 4.39 Å². The number of carbonyl (C=O) groups excluding carboxylic acids is 1. The predicted octanol–water partition coefficient (Wildman–Crippen LogP) is 1.18. The van der Waals surface area contributed by atoms with Crippen LogP contribution in [0.4, 0.5) is 4.39 Å². The monoisotopic (exact) mass is 241 g/mol. The van der Waals surface area contributed by atoms with Crippen molar-refractivity contribution in [3.8, 4) is 5.75 Å². The first-order valence-corrected chi connectivity index (χ1v) is 5.25. The number of hydrogen-bond acceptors (Lipinski definition) is 3. The summed E-state index contributed by atoms with van der Waals surface area (Å²) in [5.74, 6) is -0.0299. The van der Waals surface area contributed by atoms with E-state index in [0.29, 0.717) is 11.3 Å². The van der Waals surface area contributed by atoms with Gasteiger partial charge in [-0.15, -0.1) is 0 Å². The second-order valence-electron chi connectivity index (χ2n) is 3.68. The van der Waals surface area contributed by atoms with Crippen molar-refractivity contribution in [1.29, 1.82) is 0 Å². The molecule has 17 heavy (non-hydrogen) atoms. The number of amides is 1. The van der Waals surface area contributed by atoms with Crippen LogP contribution < -0.4 is 4.74 Å². The minimum Gasteiger partial charge on any atom is -0.496 e. The van der Waals surface area contributed by atoms with Crippen LogP contribution >= 0.6 is 0 Å². The smallest absolute Gasteiger partial charge is 0.224 e. The summed E-state index contributed by atoms with van der Waals surface area (Å²) in [7, 11) is 3.09. The van der Waals surface area contributed by atoms with Crippen molar-refractivity contribution in [2.45, 2.75) is 13.0 Å². The molecule has 1 aromatic carbocycles. The summed E-state index contributed by atoms with van der Waals surface area (Å²) < 4.78 is 18.2. The summed E-state index contributed by atoms with van der Waals surface area (Å²) in [5.41, 5.74) is 0.598. The summed E-state index contributed by atoms with van der Waals surface area (Å²) in [4.78, 5) is 12.9. The SMILES string of the molecule is COc1ccc(F)cc1CN(C)C(=O)CCO. The van der Waals surface area contributed by atoms with Crippen molar-refractivity contribution in [3.63, 3.8) is 0 Å². The number of carbonyl (C=O) groups is 1. The van der Waals surface area contributed by atoms with Crippen LogP contribution in [0.1, 0.15) is 12.0 Å². The van der Waals surface area contributed by atoms with Gasteiger partial charge < -0.3 is 14.7 Å². The van der Waals surface area contributed by atoms with Gasteiger partial charge >= 0.3 is 0 Å². The van der Waals surface area contributed by atoms with Crippen molar-refractivity contribution < 1.29 is 19.0 Å². The van der Waals surface area contributed by atoms with Crippen molar-refractivity contribution in [2.75, 3.05) is 20.8 Å². The van der Waals surface area contributed by atoms with Crippen molar-refractivity contribution >= 4 is 5.91 Å². The van der Waals surface area contributed by atoms with E-state index in [4.69, 9.17) is 9.84 Å². The van der Waals surface area contributed by atoms with Gasteiger partial charge in [0, 0.05) is 25.6 Å². The fourth-order valence-electron chi connectivity index (χ4n) is 1.50. The van der Waals surface area contributed by atoms with E-state index in [-0.39, 0.29) is 31.3 Å². The molecule has 1 amide bonds. The third kappa shape index (κ3) is 3.71. The molecule has 1 aromatic rings. The number of rotatable bonds is 5. The maximum absolute atomic E-state index is 13.1. The highest BCUT2D eigenvalue weighted by Crippen LogP contribution is 2.20. The van der Waals surface area contributed by atoms with Crippen LogP contribution in [-0.4, -0.2) is 36.7 Å². The Morgan fingerprint density at radius 1 is 1.53 bits per heavy atom. The predicted molar refractivity (Wildman–Crippen MR) is 61.1 cm³/mol. The maximum atomic E-state index is 13.1. The minimum absolute atomic E-state index is 0.0636. The third-order valence-electron chi connectivity index (χ3n) is 2.40. The number of benzene rings is 1. The lowest BCUT2D eigenvalue weighted by Crippen LogP contribution is -2.26. The summed E-state index contributed by atoms with van der Waals surface area (Å²) in [6.45, 7) is 0.0588. The molecule has 0 aromatic heterocycles. The van der Waals surface area contributed by atoms with E-state index in [2.05, 4.69) is 0 Å². The van der Waals surface area contributed by atoms with E-state index >= 15 is 0 Å². The van der Waals surface area contributed by atoms with Gasteiger partial charge in [0.1, 0.15) is 11.6 Å². The van der Waals surface area contributed by atoms with Gasteiger partial charge in [0.2, 0.25) is 5.91 Å². The Hall–Kier alpha value is -1.62. The zero-order valence-electron chi connectivity index (χ0n) is 9.94. The molecular weight excluding hydrogens is 225 g/mol. The highest BCUT2D eigenvalue weighted by atomic mass is 19.1. The van der Waals surface area contributed by atoms with Crippen LogP contribution in [0.2, 0.25) is 0 Å². The molecule has 1 N–H and O–H groups in total. The number of nitrogens with zero attached hydrogens (tertiary/aromatic N) is 1. The number of halogens is 1. The van der Waals surface area contributed by atoms with Crippen LogP contribution in [0.25, 0.3) is 0 Å². The first-order chi connectivity index (χ1) is 8.08. The highest BCUT2D eigenvalue weighted by Gasteiger charge is 2.12. The molecule has 0 spiro atoms. The van der Waals surface area contributed by atoms with Crippen molar-refractivity contribution in [3.05, 3.63) is 29.6 Å². The fourth-order valence-corrected chi connectivity index (χ4v) is 1.50. The first-order valence-electron chi connectivity index (χ1n) is 5.25. The molecule has 0 unspecified atom stereocenters. The number of ether oxygens (including phenoxy) is 1. The topological polar surface area (TPSA) is 49.8 Å². The molecule has 4 nitrogen and oxygen atoms in total. The number of methoxy groups -OCH3 is 1. The Bertz CT molecular complexity index is 395. The average molecular weight is 241 g/mol. The molecule has 0 saturated carbocycles. The Morgan fingerprint density at radius 2 is 2.24 bits per heavy atom. The standard InChI is InChI=1S/C12H16FNO3/c1-14(12(16)5-6-15)8-9-7-10(13)3-4-11(9)17-2/h3-4,7,15H,5-6,8H2,1-2H3. The number of aliphatic hydroxyl groups is 1. The zero-order valence-corrected chi connectivity index (χ0v) is 9.94. The molecular formula is C12H16FNO3. The molecule has 5 heteroatoms. The molecule has 0 aliphatic carbocycles. The molecule has 94 valence electrons. The Kier molecular flexibility index (Phi) is 4.90. The van der Waals surface area contributed by atoms with Crippen LogP contribution in [0.15, 0.2) is 18.2 Å². The van der Waals surface area contributed by atoms with Crippen LogP contribution in [0.5, 0.6) is 5.75 Å². The van der Waals surface area contributed by atoms with Gasteiger partial charge in [0.25, 0.3) is 0 Å². The van der Waals surface area contributed by atoms with E-state index in [1.54, 1.807) is 7.05 Å². The summed E-state index contributed by atoms with van der Waals surface area (Å²) in [6, 6.07) is 4.16. The van der Waals surface area contributed by atoms with E-state index in [9.17, 15) is 9.18 Å². The summed E-state index contributed by atoms with van der Waals surface area (Å²) in [5, 5.41) is 8.66. The van der Waals surface area contributed by atoms with Crippen molar-refractivity contribution in [2.24, 2.45) is 0 Å². The maximum Gasteiger partial charge on any atom is 0.224 e. The molecule has 0 heterocycles. The fraction of sp³-hybridized carbons (Fsp3) is 0.417. The zero-order chi connectivity index (χ0) is 12.8. The van der Waals surface area contributed by atoms with Gasteiger partial charge in [-0.1, -0.05) is 0 Å². The van der Waals surface area contributed by atoms with Crippen LogP contribution in [0, 0.1) is 5.82 Å². The van der Waals surface area contributed by atoms with Gasteiger partial charge in [-0.05, 0) is 18.2 Å². The van der Waals surface area contributed by atoms with Crippen LogP contribution in [-0.2, 0) is 11.3 Å². The lowest BCUT2D eigenvalue weighted by atomic mass is 10.2. The van der Waals surface area contributed by atoms with E-state index in [1.807, 2.05) is 0 Å². The quantitative estimate of drug-likeness (QED) is 0.842.